The van der Waals surface area contributed by atoms with E-state index < -0.39 is 0 Å². The lowest BCUT2D eigenvalue weighted by Crippen LogP contribution is -2.23. The van der Waals surface area contributed by atoms with Gasteiger partial charge in [-0.3, -0.25) is 0 Å². The Hall–Kier alpha value is -0.860. The third kappa shape index (κ3) is 3.51. The van der Waals surface area contributed by atoms with Gasteiger partial charge in [-0.15, -0.1) is 12.4 Å². The van der Waals surface area contributed by atoms with Crippen molar-refractivity contribution < 1.29 is 4.79 Å². The summed E-state index contributed by atoms with van der Waals surface area (Å²) in [6, 6.07) is 9.37. The van der Waals surface area contributed by atoms with Crippen molar-refractivity contribution >= 4 is 18.7 Å². The van der Waals surface area contributed by atoms with Gasteiger partial charge in [-0.25, -0.2) is 0 Å². The Balaban J connectivity index is 0.00000121. The van der Waals surface area contributed by atoms with E-state index >= 15 is 0 Å². The maximum atomic E-state index is 10.2. The Labute approximate surface area is 78.2 Å². The first-order valence-electron chi connectivity index (χ1n) is 3.57. The lowest BCUT2D eigenvalue weighted by molar-refractivity contribution is -0.108. The van der Waals surface area contributed by atoms with Crippen LogP contribution < -0.4 is 5.73 Å². The van der Waals surface area contributed by atoms with Crippen LogP contribution in [0.1, 0.15) is 5.56 Å². The first-order valence-corrected chi connectivity index (χ1v) is 3.57. The third-order valence-electron chi connectivity index (χ3n) is 1.49. The van der Waals surface area contributed by atoms with E-state index in [-0.39, 0.29) is 18.4 Å². The van der Waals surface area contributed by atoms with E-state index in [0.717, 1.165) is 11.8 Å². The van der Waals surface area contributed by atoms with Gasteiger partial charge in [0.15, 0.2) is 0 Å². The highest BCUT2D eigenvalue weighted by Crippen LogP contribution is 1.99. The average molecular weight is 186 g/mol. The van der Waals surface area contributed by atoms with Gasteiger partial charge in [0.05, 0.1) is 6.04 Å². The molecule has 0 saturated carbocycles. The largest absolute Gasteiger partial charge is 0.321 e. The molecule has 0 heterocycles. The smallest absolute Gasteiger partial charge is 0.137 e. The molecule has 2 nitrogen and oxygen atoms in total. The minimum atomic E-state index is -0.364. The van der Waals surface area contributed by atoms with Crippen LogP contribution in [0.4, 0.5) is 0 Å². The molecular weight excluding hydrogens is 174 g/mol. The summed E-state index contributed by atoms with van der Waals surface area (Å²) in [7, 11) is 0. The summed E-state index contributed by atoms with van der Waals surface area (Å²) < 4.78 is 0. The molecule has 1 atom stereocenters. The second-order valence-corrected chi connectivity index (χ2v) is 2.49. The number of nitrogens with two attached hydrogens (primary N) is 1. The normalized spacial score (nSPS) is 11.4. The number of carbonyl (C=O) groups is 1. The molecule has 1 unspecified atom stereocenters. The molecule has 0 saturated heterocycles. The molecular formula is C9H12ClNO. The molecule has 12 heavy (non-hydrogen) atoms. The zero-order chi connectivity index (χ0) is 8.10. The lowest BCUT2D eigenvalue weighted by atomic mass is 10.1. The van der Waals surface area contributed by atoms with Crippen LogP contribution in [0, 0.1) is 0 Å². The van der Waals surface area contributed by atoms with Gasteiger partial charge in [-0.05, 0) is 12.0 Å². The van der Waals surface area contributed by atoms with Crippen molar-refractivity contribution in [2.24, 2.45) is 5.73 Å². The molecule has 1 aromatic carbocycles. The van der Waals surface area contributed by atoms with Gasteiger partial charge in [-0.1, -0.05) is 30.3 Å². The van der Waals surface area contributed by atoms with Gasteiger partial charge in [-0.2, -0.15) is 0 Å². The molecule has 0 radical (unpaired) electrons. The van der Waals surface area contributed by atoms with Gasteiger partial charge in [0, 0.05) is 0 Å². The summed E-state index contributed by atoms with van der Waals surface area (Å²) in [6.07, 6.45) is 1.40. The Morgan fingerprint density at radius 1 is 1.33 bits per heavy atom. The number of halogens is 1. The Morgan fingerprint density at radius 3 is 2.42 bits per heavy atom. The van der Waals surface area contributed by atoms with E-state index in [9.17, 15) is 4.79 Å². The minimum absolute atomic E-state index is 0. The predicted molar refractivity (Wildman–Crippen MR) is 51.4 cm³/mol. The molecule has 1 aromatic rings. The van der Waals surface area contributed by atoms with Crippen LogP contribution >= 0.6 is 12.4 Å². The highest BCUT2D eigenvalue weighted by atomic mass is 35.5. The zero-order valence-corrected chi connectivity index (χ0v) is 7.46. The van der Waals surface area contributed by atoms with Crippen molar-refractivity contribution in [2.75, 3.05) is 0 Å². The maximum absolute atomic E-state index is 10.2. The number of rotatable bonds is 3. The monoisotopic (exact) mass is 185 g/mol. The molecule has 0 aliphatic carbocycles. The molecule has 0 aliphatic rings. The predicted octanol–water partition coefficient (Wildman–Crippen LogP) is 1.18. The first kappa shape index (κ1) is 11.1. The fourth-order valence-electron chi connectivity index (χ4n) is 0.934. The van der Waals surface area contributed by atoms with E-state index in [0.29, 0.717) is 6.42 Å². The van der Waals surface area contributed by atoms with Crippen LogP contribution in [0.5, 0.6) is 0 Å². The van der Waals surface area contributed by atoms with Crippen LogP contribution in [0.2, 0.25) is 0 Å². The van der Waals surface area contributed by atoms with E-state index in [1.807, 2.05) is 30.3 Å². The lowest BCUT2D eigenvalue weighted by Gasteiger charge is -2.02. The SMILES string of the molecule is Cl.NC(C=O)Cc1ccccc1. The molecule has 0 spiro atoms. The van der Waals surface area contributed by atoms with Gasteiger partial charge >= 0.3 is 0 Å². The van der Waals surface area contributed by atoms with Crippen molar-refractivity contribution in [3.63, 3.8) is 0 Å². The molecule has 2 N–H and O–H groups in total. The van der Waals surface area contributed by atoms with Crippen LogP contribution in [0.3, 0.4) is 0 Å². The maximum Gasteiger partial charge on any atom is 0.137 e. The van der Waals surface area contributed by atoms with Crippen LogP contribution in [-0.2, 0) is 11.2 Å². The minimum Gasteiger partial charge on any atom is -0.321 e. The van der Waals surface area contributed by atoms with Crippen molar-refractivity contribution in [3.05, 3.63) is 35.9 Å². The highest BCUT2D eigenvalue weighted by molar-refractivity contribution is 5.85. The Kier molecular flexibility index (Phi) is 5.34. The molecule has 0 aliphatic heterocycles. The summed E-state index contributed by atoms with van der Waals surface area (Å²) in [4.78, 5) is 10.2. The van der Waals surface area contributed by atoms with Gasteiger partial charge in [0.2, 0.25) is 0 Å². The summed E-state index contributed by atoms with van der Waals surface area (Å²) in [5.41, 5.74) is 6.54. The molecule has 0 fully saturated rings. The van der Waals surface area contributed by atoms with E-state index in [1.54, 1.807) is 0 Å². The molecule has 0 bridgehead atoms. The van der Waals surface area contributed by atoms with Gasteiger partial charge in [0.25, 0.3) is 0 Å². The quantitative estimate of drug-likeness (QED) is 0.719. The van der Waals surface area contributed by atoms with E-state index in [2.05, 4.69) is 0 Å². The Morgan fingerprint density at radius 2 is 1.92 bits per heavy atom. The van der Waals surface area contributed by atoms with Crippen molar-refractivity contribution in [2.45, 2.75) is 12.5 Å². The molecule has 66 valence electrons. The number of hydrogen-bond acceptors (Lipinski definition) is 2. The topological polar surface area (TPSA) is 43.1 Å². The second-order valence-electron chi connectivity index (χ2n) is 2.49. The fourth-order valence-corrected chi connectivity index (χ4v) is 0.934. The number of carbonyl (C=O) groups excluding carboxylic acids is 1. The molecule has 1 rings (SSSR count). The zero-order valence-electron chi connectivity index (χ0n) is 6.64. The highest BCUT2D eigenvalue weighted by Gasteiger charge is 1.99. The molecule has 0 amide bonds. The Bertz CT molecular complexity index is 225. The van der Waals surface area contributed by atoms with E-state index in [1.165, 1.54) is 0 Å². The van der Waals surface area contributed by atoms with Crippen LogP contribution in [0.15, 0.2) is 30.3 Å². The summed E-state index contributed by atoms with van der Waals surface area (Å²) in [5.74, 6) is 0. The van der Waals surface area contributed by atoms with Crippen molar-refractivity contribution in [3.8, 4) is 0 Å². The summed E-state index contributed by atoms with van der Waals surface area (Å²) in [5, 5.41) is 0. The van der Waals surface area contributed by atoms with Crippen LogP contribution in [-0.4, -0.2) is 12.3 Å². The van der Waals surface area contributed by atoms with Crippen LogP contribution in [0.25, 0.3) is 0 Å². The number of aldehydes is 1. The molecule has 3 heteroatoms. The summed E-state index contributed by atoms with van der Waals surface area (Å²) >= 11 is 0. The number of benzene rings is 1. The molecule has 0 aromatic heterocycles. The van der Waals surface area contributed by atoms with Crippen molar-refractivity contribution in [1.82, 2.24) is 0 Å². The standard InChI is InChI=1S/C9H11NO.ClH/c10-9(7-11)6-8-4-2-1-3-5-8;/h1-5,7,9H,6,10H2;1H. The fraction of sp³-hybridized carbons (Fsp3) is 0.222. The van der Waals surface area contributed by atoms with Gasteiger partial charge < -0.3 is 10.5 Å². The third-order valence-corrected chi connectivity index (χ3v) is 1.49. The second kappa shape index (κ2) is 5.75. The first-order chi connectivity index (χ1) is 5.33. The van der Waals surface area contributed by atoms with E-state index in [4.69, 9.17) is 5.73 Å². The average Bonchev–Trinajstić information content (AvgIpc) is 2.06. The van der Waals surface area contributed by atoms with Crippen molar-refractivity contribution in [1.29, 1.82) is 0 Å². The summed E-state index contributed by atoms with van der Waals surface area (Å²) in [6.45, 7) is 0. The van der Waals surface area contributed by atoms with Gasteiger partial charge in [0.1, 0.15) is 6.29 Å². The number of hydrogen-bond donors (Lipinski definition) is 1.